The van der Waals surface area contributed by atoms with Crippen molar-refractivity contribution in [3.8, 4) is 5.75 Å². The third-order valence-electron chi connectivity index (χ3n) is 3.33. The number of para-hydroxylation sites is 1. The van der Waals surface area contributed by atoms with Gasteiger partial charge in [-0.2, -0.15) is 0 Å². The minimum atomic E-state index is -0.130. The number of carbonyl (C=O) groups is 2. The zero-order valence-corrected chi connectivity index (χ0v) is 15.0. The topological polar surface area (TPSA) is 55.4 Å². The molecular formula is C18H18ClNO3S. The van der Waals surface area contributed by atoms with Crippen LogP contribution in [-0.4, -0.2) is 24.6 Å². The molecule has 0 fully saturated rings. The van der Waals surface area contributed by atoms with Crippen molar-refractivity contribution in [1.82, 2.24) is 0 Å². The van der Waals surface area contributed by atoms with Crippen molar-refractivity contribution in [2.24, 2.45) is 0 Å². The maximum atomic E-state index is 12.0. The van der Waals surface area contributed by atoms with Gasteiger partial charge in [0.2, 0.25) is 5.91 Å². The van der Waals surface area contributed by atoms with Crippen LogP contribution in [0, 0.1) is 0 Å². The van der Waals surface area contributed by atoms with Gasteiger partial charge in [-0.3, -0.25) is 9.59 Å². The van der Waals surface area contributed by atoms with Crippen molar-refractivity contribution >= 4 is 40.7 Å². The molecule has 24 heavy (non-hydrogen) atoms. The average molecular weight is 364 g/mol. The number of thioether (sulfide) groups is 1. The second kappa shape index (κ2) is 8.76. The van der Waals surface area contributed by atoms with Crippen LogP contribution in [0.4, 0.5) is 5.69 Å². The molecule has 0 heterocycles. The van der Waals surface area contributed by atoms with Gasteiger partial charge in [0.25, 0.3) is 0 Å². The van der Waals surface area contributed by atoms with Gasteiger partial charge < -0.3 is 10.1 Å². The van der Waals surface area contributed by atoms with Crippen LogP contribution in [-0.2, 0) is 10.5 Å². The largest absolute Gasteiger partial charge is 0.496 e. The summed E-state index contributed by atoms with van der Waals surface area (Å²) < 4.78 is 5.31. The van der Waals surface area contributed by atoms with Crippen LogP contribution in [0.15, 0.2) is 42.5 Å². The lowest BCUT2D eigenvalue weighted by Gasteiger charge is -2.10. The Labute approximate surface area is 150 Å². The summed E-state index contributed by atoms with van der Waals surface area (Å²) in [7, 11) is 1.58. The number of methoxy groups -OCH3 is 1. The molecule has 2 rings (SSSR count). The van der Waals surface area contributed by atoms with Crippen molar-refractivity contribution in [3.63, 3.8) is 0 Å². The van der Waals surface area contributed by atoms with E-state index in [4.69, 9.17) is 16.3 Å². The minimum Gasteiger partial charge on any atom is -0.496 e. The number of ether oxygens (including phenoxy) is 1. The van der Waals surface area contributed by atoms with Crippen molar-refractivity contribution < 1.29 is 14.3 Å². The molecular weight excluding hydrogens is 346 g/mol. The van der Waals surface area contributed by atoms with Crippen molar-refractivity contribution in [3.05, 3.63) is 58.6 Å². The lowest BCUT2D eigenvalue weighted by molar-refractivity contribution is -0.113. The van der Waals surface area contributed by atoms with Crippen LogP contribution in [0.5, 0.6) is 5.75 Å². The average Bonchev–Trinajstić information content (AvgIpc) is 2.56. The first-order valence-electron chi connectivity index (χ1n) is 7.31. The summed E-state index contributed by atoms with van der Waals surface area (Å²) in [6.45, 7) is 1.52. The van der Waals surface area contributed by atoms with Gasteiger partial charge in [-0.05, 0) is 37.3 Å². The molecule has 1 N–H and O–H groups in total. The number of carbonyl (C=O) groups excluding carboxylic acids is 2. The number of anilines is 1. The highest BCUT2D eigenvalue weighted by Crippen LogP contribution is 2.25. The zero-order valence-electron chi connectivity index (χ0n) is 13.5. The van der Waals surface area contributed by atoms with E-state index in [0.717, 1.165) is 5.56 Å². The predicted octanol–water partition coefficient (Wildman–Crippen LogP) is 4.42. The monoisotopic (exact) mass is 363 g/mol. The first-order chi connectivity index (χ1) is 11.5. The molecule has 0 radical (unpaired) electrons. The highest BCUT2D eigenvalue weighted by molar-refractivity contribution is 7.99. The number of Topliss-reactive ketones (excluding diaryl/α,β-unsaturated/α-hetero) is 1. The predicted molar refractivity (Wildman–Crippen MR) is 99.2 cm³/mol. The van der Waals surface area contributed by atoms with E-state index in [9.17, 15) is 9.59 Å². The van der Waals surface area contributed by atoms with Crippen LogP contribution in [0.1, 0.15) is 22.8 Å². The molecule has 0 unspecified atom stereocenters. The van der Waals surface area contributed by atoms with Crippen LogP contribution in [0.25, 0.3) is 0 Å². The number of amides is 1. The third-order valence-corrected chi connectivity index (χ3v) is 4.64. The lowest BCUT2D eigenvalue weighted by Crippen LogP contribution is -2.14. The molecule has 0 atom stereocenters. The number of nitrogens with one attached hydrogen (secondary N) is 1. The van der Waals surface area contributed by atoms with Gasteiger partial charge in [-0.15, -0.1) is 11.8 Å². The van der Waals surface area contributed by atoms with E-state index in [1.54, 1.807) is 43.5 Å². The fourth-order valence-corrected chi connectivity index (χ4v) is 3.10. The molecule has 0 saturated heterocycles. The summed E-state index contributed by atoms with van der Waals surface area (Å²) in [5.41, 5.74) is 2.12. The number of ketones is 1. The van der Waals surface area contributed by atoms with Crippen LogP contribution < -0.4 is 10.1 Å². The number of benzene rings is 2. The second-order valence-corrected chi connectivity index (χ2v) is 6.50. The number of hydrogen-bond donors (Lipinski definition) is 1. The fraction of sp³-hybridized carbons (Fsp3) is 0.222. The maximum absolute atomic E-state index is 12.0. The number of hydrogen-bond acceptors (Lipinski definition) is 4. The Morgan fingerprint density at radius 3 is 2.62 bits per heavy atom. The summed E-state index contributed by atoms with van der Waals surface area (Å²) in [5.74, 6) is 1.42. The Morgan fingerprint density at radius 2 is 1.96 bits per heavy atom. The van der Waals surface area contributed by atoms with Gasteiger partial charge >= 0.3 is 0 Å². The van der Waals surface area contributed by atoms with Crippen molar-refractivity contribution in [1.29, 1.82) is 0 Å². The van der Waals surface area contributed by atoms with Gasteiger partial charge in [-0.1, -0.05) is 23.7 Å². The van der Waals surface area contributed by atoms with Crippen molar-refractivity contribution in [2.75, 3.05) is 18.2 Å². The zero-order chi connectivity index (χ0) is 17.5. The summed E-state index contributed by atoms with van der Waals surface area (Å²) in [6, 6.07) is 12.4. The highest BCUT2D eigenvalue weighted by Gasteiger charge is 2.10. The highest BCUT2D eigenvalue weighted by atomic mass is 35.5. The van der Waals surface area contributed by atoms with E-state index >= 15 is 0 Å². The second-order valence-electron chi connectivity index (χ2n) is 5.10. The Kier molecular flexibility index (Phi) is 6.70. The van der Waals surface area contributed by atoms with Crippen LogP contribution in [0.3, 0.4) is 0 Å². The molecule has 0 aromatic heterocycles. The van der Waals surface area contributed by atoms with E-state index < -0.39 is 0 Å². The normalized spacial score (nSPS) is 10.3. The molecule has 0 bridgehead atoms. The van der Waals surface area contributed by atoms with E-state index in [1.807, 2.05) is 6.07 Å². The SMILES string of the molecule is COc1ccc(C(C)=O)cc1CSCC(=O)Nc1ccccc1Cl. The molecule has 0 spiro atoms. The molecule has 0 saturated carbocycles. The maximum Gasteiger partial charge on any atom is 0.234 e. The van der Waals surface area contributed by atoms with E-state index in [-0.39, 0.29) is 17.4 Å². The quantitative estimate of drug-likeness (QED) is 0.740. The smallest absolute Gasteiger partial charge is 0.234 e. The van der Waals surface area contributed by atoms with Crippen LogP contribution >= 0.6 is 23.4 Å². The molecule has 0 aliphatic carbocycles. The molecule has 1 amide bonds. The molecule has 126 valence electrons. The Bertz CT molecular complexity index is 749. The summed E-state index contributed by atoms with van der Waals surface area (Å²) in [6.07, 6.45) is 0. The number of halogens is 1. The summed E-state index contributed by atoms with van der Waals surface area (Å²) in [4.78, 5) is 23.5. The van der Waals surface area contributed by atoms with E-state index in [2.05, 4.69) is 5.32 Å². The Hall–Kier alpha value is -1.98. The Balaban J connectivity index is 1.94. The Morgan fingerprint density at radius 1 is 1.21 bits per heavy atom. The molecule has 0 aliphatic heterocycles. The molecule has 6 heteroatoms. The van der Waals surface area contributed by atoms with E-state index in [0.29, 0.717) is 27.8 Å². The van der Waals surface area contributed by atoms with Crippen LogP contribution in [0.2, 0.25) is 5.02 Å². The molecule has 2 aromatic rings. The minimum absolute atomic E-state index is 0.000339. The lowest BCUT2D eigenvalue weighted by atomic mass is 10.1. The van der Waals surface area contributed by atoms with E-state index in [1.165, 1.54) is 18.7 Å². The standard InChI is InChI=1S/C18H18ClNO3S/c1-12(21)13-7-8-17(23-2)14(9-13)10-24-11-18(22)20-16-6-4-3-5-15(16)19/h3-9H,10-11H2,1-2H3,(H,20,22). The molecule has 2 aromatic carbocycles. The van der Waals surface area contributed by atoms with Gasteiger partial charge in [0.15, 0.2) is 5.78 Å². The summed E-state index contributed by atoms with van der Waals surface area (Å²) >= 11 is 7.46. The molecule has 0 aliphatic rings. The van der Waals surface area contributed by atoms with Crippen molar-refractivity contribution in [2.45, 2.75) is 12.7 Å². The number of rotatable bonds is 7. The van der Waals surface area contributed by atoms with Gasteiger partial charge in [0, 0.05) is 16.9 Å². The first-order valence-corrected chi connectivity index (χ1v) is 8.84. The third kappa shape index (κ3) is 5.01. The fourth-order valence-electron chi connectivity index (χ4n) is 2.11. The summed E-state index contributed by atoms with van der Waals surface area (Å²) in [5, 5.41) is 3.28. The van der Waals surface area contributed by atoms with Gasteiger partial charge in [0.1, 0.15) is 5.75 Å². The first kappa shape index (κ1) is 18.4. The molecule has 4 nitrogen and oxygen atoms in total. The van der Waals surface area contributed by atoms with Gasteiger partial charge in [0.05, 0.1) is 23.6 Å². The van der Waals surface area contributed by atoms with Gasteiger partial charge in [-0.25, -0.2) is 0 Å².